The van der Waals surface area contributed by atoms with Crippen molar-refractivity contribution < 1.29 is 9.63 Å². The maximum Gasteiger partial charge on any atom is 0.265 e. The second-order valence-corrected chi connectivity index (χ2v) is 7.23. The van der Waals surface area contributed by atoms with Crippen LogP contribution in [-0.2, 0) is 9.63 Å². The smallest absolute Gasteiger partial charge is 0.265 e. The van der Waals surface area contributed by atoms with Crippen molar-refractivity contribution in [2.45, 2.75) is 27.7 Å². The second kappa shape index (κ2) is 9.05. The molecule has 0 aliphatic rings. The van der Waals surface area contributed by atoms with Crippen LogP contribution >= 0.6 is 45.2 Å². The van der Waals surface area contributed by atoms with Gasteiger partial charge in [-0.3, -0.25) is 4.79 Å². The minimum atomic E-state index is -0.202. The lowest BCUT2D eigenvalue weighted by Crippen LogP contribution is -2.29. The Morgan fingerprint density at radius 2 is 1.77 bits per heavy atom. The molecule has 0 spiro atoms. The van der Waals surface area contributed by atoms with Crippen molar-refractivity contribution in [3.63, 3.8) is 0 Å². The highest BCUT2D eigenvalue weighted by molar-refractivity contribution is 14.1. The highest BCUT2D eigenvalue weighted by atomic mass is 127. The Hall–Kier alpha value is -0.380. The highest BCUT2D eigenvalue weighted by Gasteiger charge is 2.25. The molecule has 0 bridgehead atoms. The third-order valence-electron chi connectivity index (χ3n) is 3.37. The molecular weight excluding hydrogens is 506 g/mol. The van der Waals surface area contributed by atoms with Gasteiger partial charge in [0.05, 0.1) is 5.71 Å². The number of aryl methyl sites for hydroxylation is 2. The Kier molecular flexibility index (Phi) is 8.09. The zero-order chi connectivity index (χ0) is 16.8. The van der Waals surface area contributed by atoms with E-state index in [2.05, 4.69) is 68.6 Å². The Balaban J connectivity index is 2.56. The van der Waals surface area contributed by atoms with Crippen LogP contribution in [-0.4, -0.2) is 27.1 Å². The van der Waals surface area contributed by atoms with Gasteiger partial charge in [-0.15, -0.1) is 0 Å². The summed E-state index contributed by atoms with van der Waals surface area (Å²) in [6, 6.07) is 5.93. The van der Waals surface area contributed by atoms with Crippen LogP contribution in [0.3, 0.4) is 0 Å². The van der Waals surface area contributed by atoms with Gasteiger partial charge in [-0.2, -0.15) is 0 Å². The number of hydrogen-bond acceptors (Lipinski definition) is 3. The van der Waals surface area contributed by atoms with Gasteiger partial charge >= 0.3 is 0 Å². The van der Waals surface area contributed by atoms with Gasteiger partial charge in [-0.25, -0.2) is 0 Å². The van der Waals surface area contributed by atoms with Gasteiger partial charge in [0.2, 0.25) is 0 Å². The molecule has 1 N–H and O–H groups in total. The molecule has 0 unspecified atom stereocenters. The number of carbonyl (C=O) groups is 1. The standard InChI is InChI=1S/C16H22I2N2O2/c1-11-5-12(2)7-14(6-11)19-15(21)8-22-20-13(3)16(4,9-17)10-18/h5-7H,8-10H2,1-4H3,(H,19,21)/b20-13+. The number of hydrogen-bond donors (Lipinski definition) is 1. The Morgan fingerprint density at radius 1 is 1.23 bits per heavy atom. The van der Waals surface area contributed by atoms with Crippen molar-refractivity contribution in [1.29, 1.82) is 0 Å². The normalized spacial score (nSPS) is 12.2. The molecule has 1 rings (SSSR count). The summed E-state index contributed by atoms with van der Waals surface area (Å²) in [4.78, 5) is 17.1. The van der Waals surface area contributed by atoms with Crippen molar-refractivity contribution >= 4 is 62.5 Å². The first-order chi connectivity index (χ1) is 10.3. The fraction of sp³-hybridized carbons (Fsp3) is 0.500. The molecule has 1 amide bonds. The zero-order valence-electron chi connectivity index (χ0n) is 13.4. The number of oxime groups is 1. The molecule has 4 nitrogen and oxygen atoms in total. The minimum Gasteiger partial charge on any atom is -0.386 e. The summed E-state index contributed by atoms with van der Waals surface area (Å²) in [5, 5.41) is 6.93. The largest absolute Gasteiger partial charge is 0.386 e. The lowest BCUT2D eigenvalue weighted by atomic mass is 9.91. The van der Waals surface area contributed by atoms with Crippen LogP contribution in [0, 0.1) is 19.3 Å². The predicted octanol–water partition coefficient (Wildman–Crippen LogP) is 4.51. The Bertz CT molecular complexity index is 535. The van der Waals surface area contributed by atoms with Crippen LogP contribution in [0.15, 0.2) is 23.4 Å². The van der Waals surface area contributed by atoms with E-state index in [-0.39, 0.29) is 17.9 Å². The van der Waals surface area contributed by atoms with Crippen LogP contribution < -0.4 is 5.32 Å². The van der Waals surface area contributed by atoms with Crippen LogP contribution in [0.25, 0.3) is 0 Å². The summed E-state index contributed by atoms with van der Waals surface area (Å²) in [6.45, 7) is 8.01. The molecule has 1 aromatic carbocycles. The first kappa shape index (κ1) is 19.7. The van der Waals surface area contributed by atoms with Gasteiger partial charge in [-0.1, -0.05) is 63.3 Å². The van der Waals surface area contributed by atoms with Crippen LogP contribution in [0.5, 0.6) is 0 Å². The monoisotopic (exact) mass is 528 g/mol. The molecule has 0 aliphatic heterocycles. The van der Waals surface area contributed by atoms with E-state index in [1.54, 1.807) is 0 Å². The van der Waals surface area contributed by atoms with Crippen molar-refractivity contribution in [2.75, 3.05) is 20.8 Å². The Morgan fingerprint density at radius 3 is 2.27 bits per heavy atom. The highest BCUT2D eigenvalue weighted by Crippen LogP contribution is 2.25. The van der Waals surface area contributed by atoms with Crippen LogP contribution in [0.2, 0.25) is 0 Å². The molecule has 0 aliphatic carbocycles. The quantitative estimate of drug-likeness (QED) is 0.245. The second-order valence-electron chi connectivity index (χ2n) is 5.70. The summed E-state index contributed by atoms with van der Waals surface area (Å²) in [5.41, 5.74) is 3.94. The van der Waals surface area contributed by atoms with Gasteiger partial charge in [-0.05, 0) is 44.0 Å². The molecule has 0 saturated carbocycles. The first-order valence-corrected chi connectivity index (χ1v) is 10.0. The van der Waals surface area contributed by atoms with E-state index >= 15 is 0 Å². The van der Waals surface area contributed by atoms with E-state index in [0.717, 1.165) is 31.4 Å². The number of alkyl halides is 2. The molecule has 22 heavy (non-hydrogen) atoms. The van der Waals surface area contributed by atoms with E-state index in [1.807, 2.05) is 32.9 Å². The van der Waals surface area contributed by atoms with Gasteiger partial charge in [0.15, 0.2) is 6.61 Å². The first-order valence-electron chi connectivity index (χ1n) is 6.98. The molecule has 6 heteroatoms. The van der Waals surface area contributed by atoms with E-state index in [0.29, 0.717) is 0 Å². The minimum absolute atomic E-state index is 0.00521. The molecule has 0 radical (unpaired) electrons. The van der Waals surface area contributed by atoms with E-state index in [9.17, 15) is 4.79 Å². The van der Waals surface area contributed by atoms with Gasteiger partial charge in [0.1, 0.15) is 0 Å². The number of anilines is 1. The third-order valence-corrected chi connectivity index (χ3v) is 6.73. The maximum atomic E-state index is 11.9. The molecule has 0 heterocycles. The summed E-state index contributed by atoms with van der Waals surface area (Å²) in [7, 11) is 0. The number of benzene rings is 1. The maximum absolute atomic E-state index is 11.9. The topological polar surface area (TPSA) is 50.7 Å². The van der Waals surface area contributed by atoms with E-state index in [1.165, 1.54) is 0 Å². The number of rotatable bonds is 7. The van der Waals surface area contributed by atoms with Crippen LogP contribution in [0.1, 0.15) is 25.0 Å². The molecule has 0 aromatic heterocycles. The lowest BCUT2D eigenvalue weighted by Gasteiger charge is -2.23. The van der Waals surface area contributed by atoms with Crippen molar-refractivity contribution in [3.8, 4) is 0 Å². The molecule has 0 saturated heterocycles. The lowest BCUT2D eigenvalue weighted by molar-refractivity contribution is -0.120. The number of carbonyl (C=O) groups excluding carboxylic acids is 1. The zero-order valence-corrected chi connectivity index (χ0v) is 17.7. The molecule has 122 valence electrons. The molecular formula is C16H22I2N2O2. The van der Waals surface area contributed by atoms with Gasteiger partial charge in [0, 0.05) is 20.0 Å². The fourth-order valence-electron chi connectivity index (χ4n) is 1.77. The summed E-state index contributed by atoms with van der Waals surface area (Å²) >= 11 is 4.69. The van der Waals surface area contributed by atoms with Crippen molar-refractivity contribution in [2.24, 2.45) is 10.6 Å². The summed E-state index contributed by atoms with van der Waals surface area (Å²) < 4.78 is 1.92. The predicted molar refractivity (Wildman–Crippen MR) is 109 cm³/mol. The Labute approximate surface area is 159 Å². The van der Waals surface area contributed by atoms with Gasteiger partial charge < -0.3 is 10.2 Å². The van der Waals surface area contributed by atoms with E-state index in [4.69, 9.17) is 4.84 Å². The average Bonchev–Trinajstić information content (AvgIpc) is 2.45. The fourth-order valence-corrected chi connectivity index (χ4v) is 4.45. The number of nitrogens with one attached hydrogen (secondary N) is 1. The van der Waals surface area contributed by atoms with Crippen molar-refractivity contribution in [1.82, 2.24) is 0 Å². The summed E-state index contributed by atoms with van der Waals surface area (Å²) in [5.74, 6) is -0.202. The average molecular weight is 528 g/mol. The number of halogens is 2. The summed E-state index contributed by atoms with van der Waals surface area (Å²) in [6.07, 6.45) is 0. The van der Waals surface area contributed by atoms with Crippen LogP contribution in [0.4, 0.5) is 5.69 Å². The third kappa shape index (κ3) is 6.02. The van der Waals surface area contributed by atoms with Gasteiger partial charge in [0.25, 0.3) is 5.91 Å². The molecule has 0 atom stereocenters. The number of nitrogens with zero attached hydrogens (tertiary/aromatic N) is 1. The van der Waals surface area contributed by atoms with E-state index < -0.39 is 0 Å². The molecule has 1 aromatic rings. The van der Waals surface area contributed by atoms with Crippen molar-refractivity contribution in [3.05, 3.63) is 29.3 Å². The molecule has 0 fully saturated rings. The number of amides is 1. The SMILES string of the molecule is C/C(=N\OCC(=O)Nc1cc(C)cc(C)c1)C(C)(CI)CI.